The third kappa shape index (κ3) is 3.40. The van der Waals surface area contributed by atoms with E-state index in [9.17, 15) is 4.79 Å². The van der Waals surface area contributed by atoms with Crippen molar-refractivity contribution in [3.05, 3.63) is 0 Å². The molecule has 7 heteroatoms. The number of carboxylic acid groups (broad SMARTS) is 1. The molecule has 0 amide bonds. The highest BCUT2D eigenvalue weighted by Gasteiger charge is 2.22. The minimum Gasteiger partial charge on any atom is -0.481 e. The van der Waals surface area contributed by atoms with Gasteiger partial charge in [-0.05, 0) is 19.8 Å². The van der Waals surface area contributed by atoms with Crippen LogP contribution in [-0.2, 0) is 11.8 Å². The molecule has 6 nitrogen and oxygen atoms in total. The molecule has 2 rings (SSSR count). The van der Waals surface area contributed by atoms with E-state index in [1.807, 2.05) is 11.6 Å². The summed E-state index contributed by atoms with van der Waals surface area (Å²) in [7, 11) is 1.90. The Labute approximate surface area is 117 Å². The third-order valence-electron chi connectivity index (χ3n) is 3.45. The van der Waals surface area contributed by atoms with Crippen LogP contribution in [0.1, 0.15) is 32.6 Å². The zero-order chi connectivity index (χ0) is 13.8. The van der Waals surface area contributed by atoms with E-state index in [4.69, 9.17) is 5.11 Å². The van der Waals surface area contributed by atoms with Gasteiger partial charge in [-0.1, -0.05) is 24.6 Å². The molecule has 1 aliphatic heterocycles. The highest BCUT2D eigenvalue weighted by atomic mass is 32.2. The number of thioether (sulfide) groups is 1. The molecule has 0 bridgehead atoms. The van der Waals surface area contributed by atoms with Crippen LogP contribution in [-0.4, -0.2) is 44.2 Å². The number of aromatic nitrogens is 3. The summed E-state index contributed by atoms with van der Waals surface area (Å²) < 4.78 is 1.90. The minimum absolute atomic E-state index is 0.0154. The van der Waals surface area contributed by atoms with Crippen molar-refractivity contribution in [2.24, 2.45) is 7.05 Å². The molecule has 1 aromatic rings. The fourth-order valence-electron chi connectivity index (χ4n) is 2.38. The summed E-state index contributed by atoms with van der Waals surface area (Å²) in [6, 6.07) is 0.461. The second kappa shape index (κ2) is 6.27. The van der Waals surface area contributed by atoms with Crippen LogP contribution in [0.25, 0.3) is 0 Å². The normalized spacial score (nSPS) is 20.3. The van der Waals surface area contributed by atoms with Gasteiger partial charge >= 0.3 is 5.97 Å². The van der Waals surface area contributed by atoms with Gasteiger partial charge in [-0.15, -0.1) is 10.2 Å². The van der Waals surface area contributed by atoms with Crippen molar-refractivity contribution in [3.63, 3.8) is 0 Å². The predicted octanol–water partition coefficient (Wildman–Crippen LogP) is 1.76. The lowest BCUT2D eigenvalue weighted by atomic mass is 10.1. The molecular formula is C12H20N4O2S. The Hall–Kier alpha value is -1.24. The zero-order valence-electron chi connectivity index (χ0n) is 11.4. The molecular weight excluding hydrogens is 264 g/mol. The number of hydrogen-bond donors (Lipinski definition) is 1. The second-order valence-electron chi connectivity index (χ2n) is 4.92. The van der Waals surface area contributed by atoms with Crippen molar-refractivity contribution >= 4 is 23.7 Å². The first-order valence-corrected chi connectivity index (χ1v) is 7.58. The van der Waals surface area contributed by atoms with Crippen LogP contribution in [0.3, 0.4) is 0 Å². The fraction of sp³-hybridized carbons (Fsp3) is 0.750. The Bertz CT molecular complexity index is 449. The Morgan fingerprint density at radius 1 is 1.42 bits per heavy atom. The summed E-state index contributed by atoms with van der Waals surface area (Å²) in [6.45, 7) is 3.21. The van der Waals surface area contributed by atoms with Crippen molar-refractivity contribution in [2.75, 3.05) is 17.2 Å². The summed E-state index contributed by atoms with van der Waals surface area (Å²) in [4.78, 5) is 12.9. The van der Waals surface area contributed by atoms with E-state index in [0.29, 0.717) is 11.2 Å². The number of carbonyl (C=O) groups is 1. The number of rotatable bonds is 4. The number of nitrogens with zero attached hydrogens (tertiary/aromatic N) is 4. The van der Waals surface area contributed by atoms with Gasteiger partial charge in [-0.3, -0.25) is 9.36 Å². The van der Waals surface area contributed by atoms with Gasteiger partial charge in [0.2, 0.25) is 5.95 Å². The van der Waals surface area contributed by atoms with Crippen LogP contribution in [0.2, 0.25) is 0 Å². The molecule has 0 radical (unpaired) electrons. The van der Waals surface area contributed by atoms with E-state index in [-0.39, 0.29) is 5.75 Å². The molecule has 1 atom stereocenters. The van der Waals surface area contributed by atoms with E-state index < -0.39 is 5.97 Å². The van der Waals surface area contributed by atoms with Crippen LogP contribution in [0, 0.1) is 0 Å². The highest BCUT2D eigenvalue weighted by molar-refractivity contribution is 7.99. The Morgan fingerprint density at radius 3 is 2.95 bits per heavy atom. The first kappa shape index (κ1) is 14.2. The molecule has 1 N–H and O–H groups in total. The van der Waals surface area contributed by atoms with Crippen LogP contribution < -0.4 is 4.90 Å². The molecule has 19 heavy (non-hydrogen) atoms. The number of hydrogen-bond acceptors (Lipinski definition) is 5. The van der Waals surface area contributed by atoms with Gasteiger partial charge < -0.3 is 10.0 Å². The maximum absolute atomic E-state index is 10.6. The van der Waals surface area contributed by atoms with Gasteiger partial charge in [0, 0.05) is 19.6 Å². The quantitative estimate of drug-likeness (QED) is 0.850. The second-order valence-corrected chi connectivity index (χ2v) is 5.86. The molecule has 2 heterocycles. The SMILES string of the molecule is CC1CCCCCN1c1nnc(SCC(=O)O)n1C. The maximum Gasteiger partial charge on any atom is 0.313 e. The van der Waals surface area contributed by atoms with Gasteiger partial charge in [-0.25, -0.2) is 0 Å². The molecule has 106 valence electrons. The average molecular weight is 284 g/mol. The predicted molar refractivity (Wildman–Crippen MR) is 74.6 cm³/mol. The van der Waals surface area contributed by atoms with Crippen LogP contribution >= 0.6 is 11.8 Å². The summed E-state index contributed by atoms with van der Waals surface area (Å²) >= 11 is 1.21. The van der Waals surface area contributed by atoms with E-state index >= 15 is 0 Å². The molecule has 0 aromatic carbocycles. The van der Waals surface area contributed by atoms with Gasteiger partial charge in [0.15, 0.2) is 5.16 Å². The smallest absolute Gasteiger partial charge is 0.313 e. The van der Waals surface area contributed by atoms with Gasteiger partial charge in [-0.2, -0.15) is 0 Å². The molecule has 0 spiro atoms. The number of carboxylic acids is 1. The number of anilines is 1. The Balaban J connectivity index is 2.13. The molecule has 1 aliphatic rings. The van der Waals surface area contributed by atoms with Gasteiger partial charge in [0.1, 0.15) is 0 Å². The Kier molecular flexibility index (Phi) is 4.68. The van der Waals surface area contributed by atoms with Gasteiger partial charge in [0.05, 0.1) is 5.75 Å². The Morgan fingerprint density at radius 2 is 2.21 bits per heavy atom. The van der Waals surface area contributed by atoms with Crippen LogP contribution in [0.15, 0.2) is 5.16 Å². The topological polar surface area (TPSA) is 71.2 Å². The maximum atomic E-state index is 10.6. The summed E-state index contributed by atoms with van der Waals surface area (Å²) in [5.74, 6) is 0.0293. The van der Waals surface area contributed by atoms with Gasteiger partial charge in [0.25, 0.3) is 0 Å². The summed E-state index contributed by atoms with van der Waals surface area (Å²) in [6.07, 6.45) is 4.87. The summed E-state index contributed by atoms with van der Waals surface area (Å²) in [5.41, 5.74) is 0. The number of aliphatic carboxylic acids is 1. The molecule has 0 aliphatic carbocycles. The summed E-state index contributed by atoms with van der Waals surface area (Å²) in [5, 5.41) is 17.7. The third-order valence-corrected chi connectivity index (χ3v) is 4.45. The van der Waals surface area contributed by atoms with E-state index in [2.05, 4.69) is 22.0 Å². The van der Waals surface area contributed by atoms with Crippen molar-refractivity contribution in [1.82, 2.24) is 14.8 Å². The van der Waals surface area contributed by atoms with Crippen molar-refractivity contribution < 1.29 is 9.90 Å². The molecule has 1 saturated heterocycles. The largest absolute Gasteiger partial charge is 0.481 e. The highest BCUT2D eigenvalue weighted by Crippen LogP contribution is 2.25. The first-order chi connectivity index (χ1) is 9.09. The van der Waals surface area contributed by atoms with E-state index in [1.165, 1.54) is 37.4 Å². The van der Waals surface area contributed by atoms with Crippen molar-refractivity contribution in [2.45, 2.75) is 43.8 Å². The fourth-order valence-corrected chi connectivity index (χ4v) is 3.01. The van der Waals surface area contributed by atoms with Crippen LogP contribution in [0.5, 0.6) is 0 Å². The van der Waals surface area contributed by atoms with Crippen molar-refractivity contribution in [3.8, 4) is 0 Å². The van der Waals surface area contributed by atoms with Crippen LogP contribution in [0.4, 0.5) is 5.95 Å². The lowest BCUT2D eigenvalue weighted by Crippen LogP contribution is -2.34. The molecule has 1 aromatic heterocycles. The average Bonchev–Trinajstić information content (AvgIpc) is 2.58. The monoisotopic (exact) mass is 284 g/mol. The lowest BCUT2D eigenvalue weighted by molar-refractivity contribution is -0.133. The zero-order valence-corrected chi connectivity index (χ0v) is 12.2. The van der Waals surface area contributed by atoms with E-state index in [0.717, 1.165) is 12.5 Å². The first-order valence-electron chi connectivity index (χ1n) is 6.60. The molecule has 1 unspecified atom stereocenters. The molecule has 1 fully saturated rings. The standard InChI is InChI=1S/C12H20N4O2S/c1-9-6-4-3-5-7-16(9)11-13-14-12(15(11)2)19-8-10(17)18/h9H,3-8H2,1-2H3,(H,17,18). The van der Waals surface area contributed by atoms with Crippen molar-refractivity contribution in [1.29, 1.82) is 0 Å². The minimum atomic E-state index is -0.835. The van der Waals surface area contributed by atoms with E-state index in [1.54, 1.807) is 0 Å². The molecule has 0 saturated carbocycles. The lowest BCUT2D eigenvalue weighted by Gasteiger charge is -2.27.